The van der Waals surface area contributed by atoms with Crippen LogP contribution in [-0.4, -0.2) is 24.0 Å². The van der Waals surface area contributed by atoms with Gasteiger partial charge >= 0.3 is 0 Å². The number of methoxy groups -OCH3 is 1. The maximum absolute atomic E-state index is 12.9. The third-order valence-corrected chi connectivity index (χ3v) is 5.96. The second kappa shape index (κ2) is 9.21. The van der Waals surface area contributed by atoms with Gasteiger partial charge in [0.2, 0.25) is 5.91 Å². The lowest BCUT2D eigenvalue weighted by Crippen LogP contribution is -2.26. The molecular formula is C26H29N3O2. The number of carbonyl (C=O) groups excluding carboxylic acids is 1. The van der Waals surface area contributed by atoms with Crippen molar-refractivity contribution in [1.29, 1.82) is 0 Å². The fourth-order valence-electron chi connectivity index (χ4n) is 3.78. The Kier molecular flexibility index (Phi) is 6.21. The predicted molar refractivity (Wildman–Crippen MR) is 126 cm³/mol. The van der Waals surface area contributed by atoms with Gasteiger partial charge in [0.1, 0.15) is 5.75 Å². The third kappa shape index (κ3) is 4.88. The second-order valence-corrected chi connectivity index (χ2v) is 8.21. The topological polar surface area (TPSA) is 63.2 Å². The van der Waals surface area contributed by atoms with Gasteiger partial charge < -0.3 is 15.4 Å². The lowest BCUT2D eigenvalue weighted by atomic mass is 9.92. The zero-order chi connectivity index (χ0) is 21.8. The summed E-state index contributed by atoms with van der Waals surface area (Å²) in [6.07, 6.45) is 5.57. The molecule has 1 heterocycles. The Bertz CT molecular complexity index is 1060. The van der Waals surface area contributed by atoms with Gasteiger partial charge in [0.05, 0.1) is 13.0 Å². The van der Waals surface area contributed by atoms with E-state index in [0.717, 1.165) is 28.1 Å². The molecule has 1 fully saturated rings. The first-order valence-corrected chi connectivity index (χ1v) is 10.8. The van der Waals surface area contributed by atoms with E-state index in [9.17, 15) is 4.79 Å². The van der Waals surface area contributed by atoms with Crippen molar-refractivity contribution in [2.75, 3.05) is 17.7 Å². The SMILES string of the molecule is COc1cc(NC(=O)C(C)c2ccc(NC3CCC3)cc2)ccc1-c1ccnc(C)c1. The van der Waals surface area contributed by atoms with Crippen molar-refractivity contribution in [2.45, 2.75) is 45.1 Å². The van der Waals surface area contributed by atoms with E-state index in [1.54, 1.807) is 13.3 Å². The van der Waals surface area contributed by atoms with Gasteiger partial charge in [-0.2, -0.15) is 0 Å². The van der Waals surface area contributed by atoms with Crippen molar-refractivity contribution in [1.82, 2.24) is 4.98 Å². The average molecular weight is 416 g/mol. The monoisotopic (exact) mass is 415 g/mol. The Labute approximate surface area is 183 Å². The number of aromatic nitrogens is 1. The summed E-state index contributed by atoms with van der Waals surface area (Å²) in [7, 11) is 1.64. The molecule has 0 spiro atoms. The van der Waals surface area contributed by atoms with Crippen molar-refractivity contribution in [2.24, 2.45) is 0 Å². The molecular weight excluding hydrogens is 386 g/mol. The summed E-state index contributed by atoms with van der Waals surface area (Å²) < 4.78 is 5.59. The van der Waals surface area contributed by atoms with E-state index in [1.165, 1.54) is 19.3 Å². The van der Waals surface area contributed by atoms with Gasteiger partial charge in [0.15, 0.2) is 0 Å². The smallest absolute Gasteiger partial charge is 0.231 e. The van der Waals surface area contributed by atoms with Gasteiger partial charge in [-0.1, -0.05) is 12.1 Å². The Morgan fingerprint density at radius 1 is 1.06 bits per heavy atom. The number of hydrogen-bond donors (Lipinski definition) is 2. The Balaban J connectivity index is 1.44. The molecule has 0 radical (unpaired) electrons. The van der Waals surface area contributed by atoms with Crippen molar-refractivity contribution >= 4 is 17.3 Å². The Morgan fingerprint density at radius 2 is 1.81 bits per heavy atom. The van der Waals surface area contributed by atoms with E-state index in [-0.39, 0.29) is 11.8 Å². The first kappa shape index (κ1) is 20.9. The number of aryl methyl sites for hydroxylation is 1. The van der Waals surface area contributed by atoms with E-state index in [2.05, 4.69) is 27.8 Å². The minimum atomic E-state index is -0.258. The summed E-state index contributed by atoms with van der Waals surface area (Å²) in [6, 6.07) is 18.5. The number of nitrogens with one attached hydrogen (secondary N) is 2. The molecule has 0 bridgehead atoms. The highest BCUT2D eigenvalue weighted by atomic mass is 16.5. The standard InChI is InChI=1S/C26H29N3O2/c1-17-15-20(13-14-27-17)24-12-11-23(16-25(24)31-3)29-26(30)18(2)19-7-9-22(10-8-19)28-21-5-4-6-21/h7-16,18,21,28H,4-6H2,1-3H3,(H,29,30). The highest BCUT2D eigenvalue weighted by Gasteiger charge is 2.19. The molecule has 3 aromatic rings. The summed E-state index contributed by atoms with van der Waals surface area (Å²) in [5, 5.41) is 6.55. The van der Waals surface area contributed by atoms with Crippen LogP contribution in [0.1, 0.15) is 43.4 Å². The molecule has 160 valence electrons. The van der Waals surface area contributed by atoms with Crippen molar-refractivity contribution in [3.05, 3.63) is 72.1 Å². The molecule has 0 aliphatic heterocycles. The Morgan fingerprint density at radius 3 is 2.45 bits per heavy atom. The molecule has 1 aliphatic rings. The van der Waals surface area contributed by atoms with E-state index in [4.69, 9.17) is 4.74 Å². The maximum Gasteiger partial charge on any atom is 0.231 e. The number of benzene rings is 2. The molecule has 2 aromatic carbocycles. The van der Waals surface area contributed by atoms with Gasteiger partial charge in [-0.05, 0) is 80.6 Å². The van der Waals surface area contributed by atoms with Crippen LogP contribution in [0.4, 0.5) is 11.4 Å². The van der Waals surface area contributed by atoms with Crippen LogP contribution in [-0.2, 0) is 4.79 Å². The van der Waals surface area contributed by atoms with Crippen LogP contribution in [0.25, 0.3) is 11.1 Å². The molecule has 5 nitrogen and oxygen atoms in total. The predicted octanol–water partition coefficient (Wildman–Crippen LogP) is 5.77. The van der Waals surface area contributed by atoms with Crippen LogP contribution in [0, 0.1) is 6.92 Å². The zero-order valence-electron chi connectivity index (χ0n) is 18.3. The second-order valence-electron chi connectivity index (χ2n) is 8.21. The normalized spacial score (nSPS) is 14.4. The number of hydrogen-bond acceptors (Lipinski definition) is 4. The fraction of sp³-hybridized carbons (Fsp3) is 0.308. The quantitative estimate of drug-likeness (QED) is 0.514. The molecule has 1 saturated carbocycles. The number of amides is 1. The van der Waals surface area contributed by atoms with Gasteiger partial charge in [-0.3, -0.25) is 9.78 Å². The minimum Gasteiger partial charge on any atom is -0.496 e. The largest absolute Gasteiger partial charge is 0.496 e. The molecule has 4 rings (SSSR count). The van der Waals surface area contributed by atoms with Crippen molar-refractivity contribution in [3.8, 4) is 16.9 Å². The molecule has 31 heavy (non-hydrogen) atoms. The summed E-state index contributed by atoms with van der Waals surface area (Å²) in [5.74, 6) is 0.406. The first-order valence-electron chi connectivity index (χ1n) is 10.8. The van der Waals surface area contributed by atoms with Gasteiger partial charge in [0.25, 0.3) is 0 Å². The minimum absolute atomic E-state index is 0.0470. The summed E-state index contributed by atoms with van der Waals surface area (Å²) in [6.45, 7) is 3.89. The number of anilines is 2. The Hall–Kier alpha value is -3.34. The van der Waals surface area contributed by atoms with E-state index < -0.39 is 0 Å². The van der Waals surface area contributed by atoms with Gasteiger partial charge in [-0.25, -0.2) is 0 Å². The fourth-order valence-corrected chi connectivity index (χ4v) is 3.78. The van der Waals surface area contributed by atoms with Crippen LogP contribution in [0.2, 0.25) is 0 Å². The molecule has 1 aromatic heterocycles. The summed E-state index contributed by atoms with van der Waals surface area (Å²) in [5.41, 5.74) is 5.77. The molecule has 0 saturated heterocycles. The third-order valence-electron chi connectivity index (χ3n) is 5.96. The van der Waals surface area contributed by atoms with Crippen LogP contribution in [0.3, 0.4) is 0 Å². The molecule has 1 unspecified atom stereocenters. The number of carbonyl (C=O) groups is 1. The number of pyridine rings is 1. The number of nitrogens with zero attached hydrogens (tertiary/aromatic N) is 1. The molecule has 1 atom stereocenters. The van der Waals surface area contributed by atoms with E-state index in [1.807, 2.05) is 56.3 Å². The molecule has 1 amide bonds. The van der Waals surface area contributed by atoms with E-state index in [0.29, 0.717) is 17.5 Å². The lowest BCUT2D eigenvalue weighted by Gasteiger charge is -2.27. The summed E-state index contributed by atoms with van der Waals surface area (Å²) >= 11 is 0. The maximum atomic E-state index is 12.9. The lowest BCUT2D eigenvalue weighted by molar-refractivity contribution is -0.117. The zero-order valence-corrected chi connectivity index (χ0v) is 18.3. The van der Waals surface area contributed by atoms with Crippen molar-refractivity contribution < 1.29 is 9.53 Å². The van der Waals surface area contributed by atoms with Gasteiger partial charge in [0, 0.05) is 40.9 Å². The average Bonchev–Trinajstić information content (AvgIpc) is 2.76. The van der Waals surface area contributed by atoms with Crippen LogP contribution in [0.5, 0.6) is 5.75 Å². The van der Waals surface area contributed by atoms with Crippen LogP contribution < -0.4 is 15.4 Å². The molecule has 2 N–H and O–H groups in total. The highest BCUT2D eigenvalue weighted by Crippen LogP contribution is 2.33. The van der Waals surface area contributed by atoms with Crippen molar-refractivity contribution in [3.63, 3.8) is 0 Å². The van der Waals surface area contributed by atoms with E-state index >= 15 is 0 Å². The van der Waals surface area contributed by atoms with Crippen LogP contribution in [0.15, 0.2) is 60.8 Å². The molecule has 5 heteroatoms. The molecule has 1 aliphatic carbocycles. The summed E-state index contributed by atoms with van der Waals surface area (Å²) in [4.78, 5) is 17.1. The van der Waals surface area contributed by atoms with Crippen LogP contribution >= 0.6 is 0 Å². The number of rotatable bonds is 7. The number of ether oxygens (including phenoxy) is 1. The van der Waals surface area contributed by atoms with Gasteiger partial charge in [-0.15, -0.1) is 0 Å². The first-order chi connectivity index (χ1) is 15.0. The highest BCUT2D eigenvalue weighted by molar-refractivity contribution is 5.96.